The molecule has 0 unspecified atom stereocenters. The molecule has 0 aliphatic carbocycles. The molecule has 1 amide bonds. The Labute approximate surface area is 130 Å². The number of ether oxygens (including phenoxy) is 1. The number of halogens is 1. The van der Waals surface area contributed by atoms with Crippen molar-refractivity contribution >= 4 is 44.2 Å². The third-order valence-corrected chi connectivity index (χ3v) is 4.18. The molecule has 0 saturated heterocycles. The summed E-state index contributed by atoms with van der Waals surface area (Å²) in [5, 5.41) is 3.86. The Kier molecular flexibility index (Phi) is 3.77. The van der Waals surface area contributed by atoms with Gasteiger partial charge in [-0.15, -0.1) is 0 Å². The van der Waals surface area contributed by atoms with Crippen LogP contribution in [0.15, 0.2) is 42.5 Å². The van der Waals surface area contributed by atoms with Crippen LogP contribution in [0.25, 0.3) is 10.2 Å². The van der Waals surface area contributed by atoms with E-state index in [0.717, 1.165) is 4.70 Å². The van der Waals surface area contributed by atoms with Crippen LogP contribution < -0.4 is 10.1 Å². The Bertz CT molecular complexity index is 816. The molecule has 21 heavy (non-hydrogen) atoms. The second-order valence-electron chi connectivity index (χ2n) is 4.26. The van der Waals surface area contributed by atoms with E-state index in [2.05, 4.69) is 10.3 Å². The largest absolute Gasteiger partial charge is 0.496 e. The fourth-order valence-electron chi connectivity index (χ4n) is 1.97. The highest BCUT2D eigenvalue weighted by atomic mass is 35.5. The minimum Gasteiger partial charge on any atom is -0.496 e. The lowest BCUT2D eigenvalue weighted by molar-refractivity contribution is 0.102. The summed E-state index contributed by atoms with van der Waals surface area (Å²) in [6.45, 7) is 0. The van der Waals surface area contributed by atoms with Crippen LogP contribution in [-0.2, 0) is 0 Å². The van der Waals surface area contributed by atoms with E-state index < -0.39 is 0 Å². The van der Waals surface area contributed by atoms with E-state index in [4.69, 9.17) is 16.3 Å². The first kappa shape index (κ1) is 13.9. The number of rotatable bonds is 3. The number of nitrogens with one attached hydrogen (secondary N) is 1. The van der Waals surface area contributed by atoms with Gasteiger partial charge in [0.05, 0.1) is 22.4 Å². The average molecular weight is 319 g/mol. The molecule has 0 radical (unpaired) electrons. The first-order valence-corrected chi connectivity index (χ1v) is 7.38. The van der Waals surface area contributed by atoms with Gasteiger partial charge >= 0.3 is 0 Å². The van der Waals surface area contributed by atoms with Crippen molar-refractivity contribution in [3.63, 3.8) is 0 Å². The highest BCUT2D eigenvalue weighted by molar-refractivity contribution is 7.22. The number of aromatic nitrogens is 1. The minimum absolute atomic E-state index is 0.261. The predicted octanol–water partition coefficient (Wildman–Crippen LogP) is 4.21. The van der Waals surface area contributed by atoms with Crippen LogP contribution in [-0.4, -0.2) is 18.0 Å². The standard InChI is InChI=1S/C15H11ClN2O2S/c1-20-11-7-3-2-5-9(11)14(19)18-15-17-13-10(16)6-4-8-12(13)21-15/h2-8H,1H3,(H,17,18,19). The predicted molar refractivity (Wildman–Crippen MR) is 85.6 cm³/mol. The zero-order chi connectivity index (χ0) is 14.8. The minimum atomic E-state index is -0.261. The monoisotopic (exact) mass is 318 g/mol. The number of hydrogen-bond donors (Lipinski definition) is 1. The normalized spacial score (nSPS) is 10.6. The van der Waals surface area contributed by atoms with Gasteiger partial charge in [-0.05, 0) is 24.3 Å². The van der Waals surface area contributed by atoms with E-state index in [1.807, 2.05) is 18.2 Å². The zero-order valence-electron chi connectivity index (χ0n) is 11.1. The molecule has 0 bridgehead atoms. The van der Waals surface area contributed by atoms with Crippen molar-refractivity contribution in [3.05, 3.63) is 53.1 Å². The average Bonchev–Trinajstić information content (AvgIpc) is 2.91. The number of fused-ring (bicyclic) bond motifs is 1. The second kappa shape index (κ2) is 5.71. The molecule has 3 rings (SSSR count). The Morgan fingerprint density at radius 3 is 2.81 bits per heavy atom. The fourth-order valence-corrected chi connectivity index (χ4v) is 3.13. The lowest BCUT2D eigenvalue weighted by atomic mass is 10.2. The number of nitrogens with zero attached hydrogens (tertiary/aromatic N) is 1. The van der Waals surface area contributed by atoms with E-state index in [1.54, 1.807) is 24.3 Å². The zero-order valence-corrected chi connectivity index (χ0v) is 12.7. The topological polar surface area (TPSA) is 51.2 Å². The van der Waals surface area contributed by atoms with Crippen LogP contribution >= 0.6 is 22.9 Å². The molecule has 2 aromatic carbocycles. The number of thiazole rings is 1. The van der Waals surface area contributed by atoms with Crippen LogP contribution in [0.2, 0.25) is 5.02 Å². The maximum absolute atomic E-state index is 12.3. The summed E-state index contributed by atoms with van der Waals surface area (Å²) in [4.78, 5) is 16.6. The number of methoxy groups -OCH3 is 1. The van der Waals surface area contributed by atoms with Gasteiger partial charge in [0.25, 0.3) is 5.91 Å². The highest BCUT2D eigenvalue weighted by Gasteiger charge is 2.14. The number of amides is 1. The van der Waals surface area contributed by atoms with Crippen molar-refractivity contribution in [2.45, 2.75) is 0 Å². The Morgan fingerprint density at radius 1 is 1.24 bits per heavy atom. The van der Waals surface area contributed by atoms with Gasteiger partial charge in [0.2, 0.25) is 0 Å². The van der Waals surface area contributed by atoms with Crippen molar-refractivity contribution in [2.24, 2.45) is 0 Å². The molecule has 1 N–H and O–H groups in total. The third kappa shape index (κ3) is 2.70. The summed E-state index contributed by atoms with van der Waals surface area (Å²) in [6, 6.07) is 12.6. The van der Waals surface area contributed by atoms with Gasteiger partial charge in [0.1, 0.15) is 11.3 Å². The van der Waals surface area contributed by atoms with Crippen LogP contribution in [0.1, 0.15) is 10.4 Å². The van der Waals surface area contributed by atoms with Gasteiger partial charge < -0.3 is 4.74 Å². The van der Waals surface area contributed by atoms with Gasteiger partial charge in [0, 0.05) is 0 Å². The van der Waals surface area contributed by atoms with Crippen LogP contribution in [0.5, 0.6) is 5.75 Å². The molecule has 0 aliphatic rings. The van der Waals surface area contributed by atoms with Crippen LogP contribution in [0.3, 0.4) is 0 Å². The first-order chi connectivity index (χ1) is 10.2. The first-order valence-electron chi connectivity index (χ1n) is 6.18. The van der Waals surface area contributed by atoms with E-state index in [9.17, 15) is 4.79 Å². The van der Waals surface area contributed by atoms with Gasteiger partial charge in [-0.3, -0.25) is 10.1 Å². The van der Waals surface area contributed by atoms with Crippen LogP contribution in [0, 0.1) is 0 Å². The van der Waals surface area contributed by atoms with Gasteiger partial charge in [-0.2, -0.15) is 0 Å². The molecule has 0 saturated carbocycles. The molecule has 1 heterocycles. The Morgan fingerprint density at radius 2 is 2.05 bits per heavy atom. The molecule has 0 fully saturated rings. The molecule has 0 spiro atoms. The number of benzene rings is 2. The summed E-state index contributed by atoms with van der Waals surface area (Å²) < 4.78 is 6.11. The molecular weight excluding hydrogens is 308 g/mol. The molecule has 4 nitrogen and oxygen atoms in total. The Balaban J connectivity index is 1.91. The summed E-state index contributed by atoms with van der Waals surface area (Å²) in [7, 11) is 1.53. The quantitative estimate of drug-likeness (QED) is 0.787. The third-order valence-electron chi connectivity index (χ3n) is 2.94. The smallest absolute Gasteiger partial charge is 0.261 e. The van der Waals surface area contributed by atoms with E-state index in [0.29, 0.717) is 27.0 Å². The maximum atomic E-state index is 12.3. The van der Waals surface area contributed by atoms with Crippen LogP contribution in [0.4, 0.5) is 5.13 Å². The molecule has 106 valence electrons. The SMILES string of the molecule is COc1ccccc1C(=O)Nc1nc2c(Cl)cccc2s1. The summed E-state index contributed by atoms with van der Waals surface area (Å²) in [5.74, 6) is 0.261. The van der Waals surface area contributed by atoms with Gasteiger partial charge in [0.15, 0.2) is 5.13 Å². The van der Waals surface area contributed by atoms with E-state index in [1.165, 1.54) is 18.4 Å². The summed E-state index contributed by atoms with van der Waals surface area (Å²) in [6.07, 6.45) is 0. The highest BCUT2D eigenvalue weighted by Crippen LogP contribution is 2.31. The van der Waals surface area contributed by atoms with Gasteiger partial charge in [-0.1, -0.05) is 41.1 Å². The van der Waals surface area contributed by atoms with Crippen molar-refractivity contribution in [3.8, 4) is 5.75 Å². The van der Waals surface area contributed by atoms with Crippen molar-refractivity contribution < 1.29 is 9.53 Å². The van der Waals surface area contributed by atoms with Crippen molar-refractivity contribution in [1.82, 2.24) is 4.98 Å². The Hall–Kier alpha value is -2.11. The fraction of sp³-hybridized carbons (Fsp3) is 0.0667. The summed E-state index contributed by atoms with van der Waals surface area (Å²) >= 11 is 7.46. The molecule has 6 heteroatoms. The number of para-hydroxylation sites is 2. The molecule has 3 aromatic rings. The number of carbonyl (C=O) groups is 1. The molecule has 1 aromatic heterocycles. The number of carbonyl (C=O) groups excluding carboxylic acids is 1. The number of anilines is 1. The van der Waals surface area contributed by atoms with Crippen molar-refractivity contribution in [1.29, 1.82) is 0 Å². The number of hydrogen-bond acceptors (Lipinski definition) is 4. The van der Waals surface area contributed by atoms with Gasteiger partial charge in [-0.25, -0.2) is 4.98 Å². The maximum Gasteiger partial charge on any atom is 0.261 e. The molecule has 0 atom stereocenters. The molecule has 0 aliphatic heterocycles. The van der Waals surface area contributed by atoms with Crippen molar-refractivity contribution in [2.75, 3.05) is 12.4 Å². The summed E-state index contributed by atoms with van der Waals surface area (Å²) in [5.41, 5.74) is 1.16. The van der Waals surface area contributed by atoms with E-state index in [-0.39, 0.29) is 5.91 Å². The lowest BCUT2D eigenvalue weighted by Crippen LogP contribution is -2.12. The second-order valence-corrected chi connectivity index (χ2v) is 5.70. The van der Waals surface area contributed by atoms with E-state index >= 15 is 0 Å². The molecular formula is C15H11ClN2O2S. The lowest BCUT2D eigenvalue weighted by Gasteiger charge is -2.06.